The summed E-state index contributed by atoms with van der Waals surface area (Å²) in [6.07, 6.45) is -10.1. The largest absolute Gasteiger partial charge is 0.493 e. The molecular weight excluding hydrogens is 472 g/mol. The molecule has 0 radical (unpaired) electrons. The number of nitrogens with one attached hydrogen (secondary N) is 1. The fraction of sp³-hybridized carbons (Fsp3) is 0.238. The topological polar surface area (TPSA) is 74.6 Å². The fourth-order valence-electron chi connectivity index (χ4n) is 3.02. The second-order valence-electron chi connectivity index (χ2n) is 6.74. The lowest BCUT2D eigenvalue weighted by molar-refractivity contribution is -0.143. The molecule has 0 bridgehead atoms. The van der Waals surface area contributed by atoms with Crippen molar-refractivity contribution in [2.24, 2.45) is 0 Å². The van der Waals surface area contributed by atoms with Crippen LogP contribution in [0.2, 0.25) is 0 Å². The van der Waals surface area contributed by atoms with E-state index in [1.54, 1.807) is 0 Å². The molecule has 0 aliphatic heterocycles. The van der Waals surface area contributed by atoms with E-state index in [0.29, 0.717) is 0 Å². The van der Waals surface area contributed by atoms with Gasteiger partial charge in [0.25, 0.3) is 5.91 Å². The lowest BCUT2D eigenvalue weighted by Gasteiger charge is -2.14. The van der Waals surface area contributed by atoms with Crippen molar-refractivity contribution in [1.82, 2.24) is 9.78 Å². The summed E-state index contributed by atoms with van der Waals surface area (Å²) < 4.78 is 94.1. The predicted molar refractivity (Wildman–Crippen MR) is 108 cm³/mol. The van der Waals surface area contributed by atoms with Gasteiger partial charge in [0, 0.05) is 17.3 Å². The Morgan fingerprint density at radius 3 is 1.85 bits per heavy atom. The van der Waals surface area contributed by atoms with Gasteiger partial charge in [0.05, 0.1) is 27.0 Å². The lowest BCUT2D eigenvalue weighted by Crippen LogP contribution is -2.14. The number of hydrogen-bond donors (Lipinski definition) is 1. The Morgan fingerprint density at radius 1 is 0.853 bits per heavy atom. The van der Waals surface area contributed by atoms with Crippen molar-refractivity contribution in [3.05, 3.63) is 59.4 Å². The van der Waals surface area contributed by atoms with Crippen LogP contribution in [0.3, 0.4) is 0 Å². The molecule has 0 saturated heterocycles. The molecule has 0 aliphatic carbocycles. The van der Waals surface area contributed by atoms with Crippen molar-refractivity contribution in [3.8, 4) is 22.9 Å². The molecule has 2 aromatic carbocycles. The molecule has 0 aliphatic rings. The molecule has 0 unspecified atom stereocenters. The van der Waals surface area contributed by atoms with Crippen LogP contribution >= 0.6 is 0 Å². The van der Waals surface area contributed by atoms with E-state index in [-0.39, 0.29) is 44.9 Å². The number of rotatable bonds is 6. The average Bonchev–Trinajstić information content (AvgIpc) is 3.25. The smallest absolute Gasteiger partial charge is 0.435 e. The molecule has 3 rings (SSSR count). The van der Waals surface area contributed by atoms with Crippen LogP contribution in [0.25, 0.3) is 5.69 Å². The summed E-state index contributed by atoms with van der Waals surface area (Å²) in [6.45, 7) is 0. The molecule has 0 atom stereocenters. The highest BCUT2D eigenvalue weighted by Crippen LogP contribution is 2.39. The third kappa shape index (κ3) is 5.02. The molecule has 1 amide bonds. The van der Waals surface area contributed by atoms with Gasteiger partial charge in [0.15, 0.2) is 17.2 Å². The number of carbonyl (C=O) groups excluding carboxylic acids is 1. The maximum absolute atomic E-state index is 13.2. The number of methoxy groups -OCH3 is 3. The maximum atomic E-state index is 13.2. The number of amides is 1. The van der Waals surface area contributed by atoms with Gasteiger partial charge in [-0.1, -0.05) is 0 Å². The van der Waals surface area contributed by atoms with Crippen molar-refractivity contribution in [1.29, 1.82) is 0 Å². The van der Waals surface area contributed by atoms with Crippen LogP contribution in [-0.2, 0) is 12.4 Å². The summed E-state index contributed by atoms with van der Waals surface area (Å²) in [5.74, 6) is 0.104. The second kappa shape index (κ2) is 9.15. The summed E-state index contributed by atoms with van der Waals surface area (Å²) in [7, 11) is 4.13. The third-order valence-corrected chi connectivity index (χ3v) is 4.59. The van der Waals surface area contributed by atoms with Crippen molar-refractivity contribution in [2.75, 3.05) is 26.6 Å². The summed E-state index contributed by atoms with van der Waals surface area (Å²) in [5.41, 5.74) is -3.26. The van der Waals surface area contributed by atoms with Crippen molar-refractivity contribution < 1.29 is 45.3 Å². The Morgan fingerprint density at radius 2 is 1.41 bits per heavy atom. The number of aromatic nitrogens is 2. The minimum Gasteiger partial charge on any atom is -0.493 e. The zero-order valence-corrected chi connectivity index (χ0v) is 17.8. The Balaban J connectivity index is 1.89. The van der Waals surface area contributed by atoms with Gasteiger partial charge in [-0.05, 0) is 36.4 Å². The highest BCUT2D eigenvalue weighted by Gasteiger charge is 2.42. The van der Waals surface area contributed by atoms with E-state index in [4.69, 9.17) is 14.2 Å². The lowest BCUT2D eigenvalue weighted by atomic mass is 10.1. The van der Waals surface area contributed by atoms with Crippen LogP contribution in [0.15, 0.2) is 42.5 Å². The quantitative estimate of drug-likeness (QED) is 0.483. The third-order valence-electron chi connectivity index (χ3n) is 4.59. The highest BCUT2D eigenvalue weighted by molar-refractivity contribution is 6.05. The Hall–Kier alpha value is -3.90. The second-order valence-corrected chi connectivity index (χ2v) is 6.74. The van der Waals surface area contributed by atoms with Gasteiger partial charge in [-0.15, -0.1) is 0 Å². The fourth-order valence-corrected chi connectivity index (χ4v) is 3.02. The number of benzene rings is 2. The minimum absolute atomic E-state index is 0.0693. The molecule has 0 spiro atoms. The molecule has 1 N–H and O–H groups in total. The molecule has 1 aromatic heterocycles. The number of nitrogens with zero attached hydrogens (tertiary/aromatic N) is 2. The van der Waals surface area contributed by atoms with Gasteiger partial charge < -0.3 is 19.5 Å². The number of hydrogen-bond acceptors (Lipinski definition) is 5. The molecule has 34 heavy (non-hydrogen) atoms. The van der Waals surface area contributed by atoms with Crippen molar-refractivity contribution in [2.45, 2.75) is 12.4 Å². The summed E-state index contributed by atoms with van der Waals surface area (Å²) in [5, 5.41) is 5.58. The molecule has 13 heteroatoms. The minimum atomic E-state index is -5.07. The van der Waals surface area contributed by atoms with E-state index in [2.05, 4.69) is 10.4 Å². The zero-order valence-electron chi connectivity index (χ0n) is 17.8. The molecule has 3 aromatic rings. The van der Waals surface area contributed by atoms with Crippen LogP contribution in [0.4, 0.5) is 32.0 Å². The van der Waals surface area contributed by atoms with Crippen LogP contribution in [0.5, 0.6) is 17.2 Å². The maximum Gasteiger partial charge on any atom is 0.435 e. The summed E-state index contributed by atoms with van der Waals surface area (Å²) in [4.78, 5) is 12.6. The first kappa shape index (κ1) is 24.7. The van der Waals surface area contributed by atoms with Crippen LogP contribution in [0.1, 0.15) is 21.7 Å². The van der Waals surface area contributed by atoms with Crippen LogP contribution in [0, 0.1) is 0 Å². The monoisotopic (exact) mass is 489 g/mol. The van der Waals surface area contributed by atoms with Gasteiger partial charge in [0.2, 0.25) is 5.75 Å². The standard InChI is InChI=1S/C21H17F6N3O4/c1-32-14-8-11(9-15(33-2)18(14)34-3)19(31)28-12-4-6-13(7-5-12)30-17(21(25,26)27)10-16(29-30)20(22,23)24/h4-10H,1-3H3,(H,28,31). The molecule has 0 fully saturated rings. The van der Waals surface area contributed by atoms with Crippen LogP contribution in [-0.4, -0.2) is 37.0 Å². The first-order chi connectivity index (χ1) is 15.9. The first-order valence-electron chi connectivity index (χ1n) is 9.35. The van der Waals surface area contributed by atoms with E-state index in [1.807, 2.05) is 0 Å². The first-order valence-corrected chi connectivity index (χ1v) is 9.35. The van der Waals surface area contributed by atoms with Crippen molar-refractivity contribution in [3.63, 3.8) is 0 Å². The number of anilines is 1. The zero-order chi connectivity index (χ0) is 25.3. The number of halogens is 6. The van der Waals surface area contributed by atoms with Gasteiger partial charge in [0.1, 0.15) is 5.69 Å². The Labute approximate surface area is 188 Å². The van der Waals surface area contributed by atoms with Gasteiger partial charge in [-0.2, -0.15) is 31.4 Å². The summed E-state index contributed by atoms with van der Waals surface area (Å²) in [6, 6.07) is 7.34. The van der Waals surface area contributed by atoms with E-state index in [1.165, 1.54) is 45.6 Å². The van der Waals surface area contributed by atoms with Gasteiger partial charge >= 0.3 is 12.4 Å². The van der Waals surface area contributed by atoms with E-state index in [9.17, 15) is 31.1 Å². The average molecular weight is 489 g/mol. The molecule has 182 valence electrons. The van der Waals surface area contributed by atoms with Crippen LogP contribution < -0.4 is 19.5 Å². The Kier molecular flexibility index (Phi) is 6.66. The van der Waals surface area contributed by atoms with E-state index < -0.39 is 29.6 Å². The SMILES string of the molecule is COc1cc(C(=O)Nc2ccc(-n3nc(C(F)(F)F)cc3C(F)(F)F)cc2)cc(OC)c1OC. The number of carbonyl (C=O) groups is 1. The van der Waals surface area contributed by atoms with Gasteiger partial charge in [-0.25, -0.2) is 4.68 Å². The molecule has 7 nitrogen and oxygen atoms in total. The summed E-state index contributed by atoms with van der Waals surface area (Å²) >= 11 is 0. The highest BCUT2D eigenvalue weighted by atomic mass is 19.4. The van der Waals surface area contributed by atoms with Gasteiger partial charge in [-0.3, -0.25) is 4.79 Å². The van der Waals surface area contributed by atoms with Crippen molar-refractivity contribution >= 4 is 11.6 Å². The Bertz CT molecular complexity index is 1160. The van der Waals surface area contributed by atoms with E-state index >= 15 is 0 Å². The molecular formula is C21H17F6N3O4. The normalized spacial score (nSPS) is 11.8. The predicted octanol–water partition coefficient (Wildman–Crippen LogP) is 5.19. The molecule has 1 heterocycles. The van der Waals surface area contributed by atoms with E-state index in [0.717, 1.165) is 12.1 Å². The number of alkyl halides is 6. The number of ether oxygens (including phenoxy) is 3. The molecule has 0 saturated carbocycles.